The lowest BCUT2D eigenvalue weighted by Crippen LogP contribution is -2.41. The summed E-state index contributed by atoms with van der Waals surface area (Å²) in [6.07, 6.45) is 5.70. The number of hydrogen-bond donors (Lipinski definition) is 4. The van der Waals surface area contributed by atoms with Crippen molar-refractivity contribution < 1.29 is 48.5 Å². The highest BCUT2D eigenvalue weighted by atomic mass is 16.6. The topological polar surface area (TPSA) is 249 Å². The number of rotatable bonds is 8. The number of esters is 1. The van der Waals surface area contributed by atoms with Crippen molar-refractivity contribution in [3.8, 4) is 0 Å². The SMILES string of the molecule is C.Cc1c(C(=O)O)ccc2c1CC[C@@H]2NC(=O)c1cc(C(=O)N2CCOCC2)nc2ccnn12.Cc1c(C(=O)OC(C)(C)C)ccc2c1CC[C@@H]2NC(=O)c1cc(C(=O)O)nc2ccnn12. The van der Waals surface area contributed by atoms with E-state index in [0.717, 1.165) is 33.4 Å². The number of amides is 3. The van der Waals surface area contributed by atoms with Gasteiger partial charge in [0, 0.05) is 37.4 Å². The Morgan fingerprint density at radius 1 is 0.697 bits per heavy atom. The number of ether oxygens (including phenoxy) is 2. The van der Waals surface area contributed by atoms with Crippen LogP contribution >= 0.6 is 0 Å². The smallest absolute Gasteiger partial charge is 0.354 e. The number of nitrogens with one attached hydrogen (secondary N) is 2. The zero-order valence-corrected chi connectivity index (χ0v) is 36.4. The lowest BCUT2D eigenvalue weighted by Gasteiger charge is -2.26. The van der Waals surface area contributed by atoms with Crippen LogP contribution < -0.4 is 10.6 Å². The number of benzene rings is 2. The maximum atomic E-state index is 13.3. The molecule has 1 saturated heterocycles. The summed E-state index contributed by atoms with van der Waals surface area (Å²) in [6, 6.07) is 12.3. The summed E-state index contributed by atoms with van der Waals surface area (Å²) in [5.74, 6) is -3.63. The summed E-state index contributed by atoms with van der Waals surface area (Å²) in [5, 5.41) is 33.0. The second kappa shape index (κ2) is 18.5. The molecule has 0 bridgehead atoms. The number of morpholine rings is 1. The summed E-state index contributed by atoms with van der Waals surface area (Å²) in [5.41, 5.74) is 6.57. The molecule has 0 unspecified atom stereocenters. The van der Waals surface area contributed by atoms with Crippen molar-refractivity contribution in [3.05, 3.63) is 128 Å². The van der Waals surface area contributed by atoms with E-state index in [1.165, 1.54) is 39.6 Å². The Hall–Kier alpha value is -7.54. The van der Waals surface area contributed by atoms with E-state index in [1.54, 1.807) is 36.1 Å². The van der Waals surface area contributed by atoms with Crippen LogP contribution in [0, 0.1) is 13.8 Å². The molecule has 1 aliphatic heterocycles. The molecule has 4 N–H and O–H groups in total. The maximum absolute atomic E-state index is 13.3. The molecule has 4 aromatic heterocycles. The van der Waals surface area contributed by atoms with E-state index in [9.17, 15) is 39.0 Å². The van der Waals surface area contributed by atoms with Crippen LogP contribution in [0.1, 0.15) is 149 Å². The average Bonchev–Trinajstić information content (AvgIpc) is 4.10. The van der Waals surface area contributed by atoms with E-state index in [1.807, 2.05) is 33.8 Å². The van der Waals surface area contributed by atoms with Gasteiger partial charge >= 0.3 is 17.9 Å². The monoisotopic (exact) mass is 901 g/mol. The quantitative estimate of drug-likeness (QED) is 0.140. The molecule has 1 fully saturated rings. The summed E-state index contributed by atoms with van der Waals surface area (Å²) < 4.78 is 13.5. The van der Waals surface area contributed by atoms with E-state index in [4.69, 9.17) is 9.47 Å². The summed E-state index contributed by atoms with van der Waals surface area (Å²) in [6.45, 7) is 11.0. The summed E-state index contributed by atoms with van der Waals surface area (Å²) in [4.78, 5) is 84.8. The molecule has 19 nitrogen and oxygen atoms in total. The number of fused-ring (bicyclic) bond motifs is 4. The fourth-order valence-electron chi connectivity index (χ4n) is 8.61. The Labute approximate surface area is 379 Å². The first kappa shape index (κ1) is 46.5. The molecule has 3 amide bonds. The molecule has 3 aliphatic rings. The van der Waals surface area contributed by atoms with E-state index in [0.29, 0.717) is 63.2 Å². The van der Waals surface area contributed by atoms with E-state index >= 15 is 0 Å². The Kier molecular flexibility index (Phi) is 13.0. The average molecular weight is 902 g/mol. The summed E-state index contributed by atoms with van der Waals surface area (Å²) in [7, 11) is 0. The van der Waals surface area contributed by atoms with Crippen molar-refractivity contribution in [2.75, 3.05) is 26.3 Å². The molecule has 5 heterocycles. The largest absolute Gasteiger partial charge is 0.478 e. The summed E-state index contributed by atoms with van der Waals surface area (Å²) >= 11 is 0. The molecular formula is C47H51N9O10. The van der Waals surface area contributed by atoms with Gasteiger partial charge in [-0.1, -0.05) is 19.6 Å². The van der Waals surface area contributed by atoms with Gasteiger partial charge < -0.3 is 35.2 Å². The Morgan fingerprint density at radius 3 is 1.68 bits per heavy atom. The zero-order chi connectivity index (χ0) is 46.3. The number of carbonyl (C=O) groups is 6. The number of aromatic nitrogens is 6. The van der Waals surface area contributed by atoms with E-state index in [-0.39, 0.29) is 71.3 Å². The van der Waals surface area contributed by atoms with Crippen LogP contribution in [0.4, 0.5) is 0 Å². The van der Waals surface area contributed by atoms with Crippen molar-refractivity contribution in [1.82, 2.24) is 44.7 Å². The third-order valence-corrected chi connectivity index (χ3v) is 11.8. The molecule has 344 valence electrons. The first-order chi connectivity index (χ1) is 31.0. The van der Waals surface area contributed by atoms with Gasteiger partial charge in [0.2, 0.25) is 0 Å². The zero-order valence-electron chi connectivity index (χ0n) is 36.4. The predicted octanol–water partition coefficient (Wildman–Crippen LogP) is 5.37. The van der Waals surface area contributed by atoms with Crippen LogP contribution in [0.15, 0.2) is 60.9 Å². The lowest BCUT2D eigenvalue weighted by molar-refractivity contribution is 0.00677. The minimum absolute atomic E-state index is 0. The molecule has 66 heavy (non-hydrogen) atoms. The Bertz CT molecular complexity index is 2930. The number of carboxylic acid groups (broad SMARTS) is 2. The van der Waals surface area contributed by atoms with E-state index < -0.39 is 23.4 Å². The standard InChI is InChI=1S/C23H23N5O5.C23H24N4O5.CH4/c1-13-14-4-5-17(16(14)3-2-15(13)23(31)32)26-21(29)19-12-18(25-20-6-7-24-28(19)20)22(30)27-8-10-33-11-9-27;1-12-13-7-8-16(15(13)6-5-14(12)22(31)32-23(2,3)4)26-20(28)18-11-17(21(29)30)25-19-9-10-24-27(18)19;/h2-3,6-7,12,17H,4-5,8-11H2,1H3,(H,26,29)(H,31,32);5-6,9-11,16H,7-8H2,1-4H3,(H,26,28)(H,29,30);1H4/t17-;16-;/m00./s1. The number of aromatic carboxylic acids is 2. The van der Waals surface area contributed by atoms with Crippen LogP contribution in [-0.4, -0.2) is 112 Å². The number of carbonyl (C=O) groups excluding carboxylic acids is 4. The van der Waals surface area contributed by atoms with Gasteiger partial charge in [0.1, 0.15) is 22.7 Å². The molecule has 0 spiro atoms. The molecule has 19 heteroatoms. The van der Waals surface area contributed by atoms with Crippen LogP contribution in [0.3, 0.4) is 0 Å². The van der Waals surface area contributed by atoms with Gasteiger partial charge in [-0.05, 0) is 106 Å². The molecule has 6 aromatic rings. The minimum atomic E-state index is -1.22. The van der Waals surface area contributed by atoms with Gasteiger partial charge in [-0.2, -0.15) is 10.2 Å². The van der Waals surface area contributed by atoms with Crippen molar-refractivity contribution in [1.29, 1.82) is 0 Å². The van der Waals surface area contributed by atoms with Gasteiger partial charge in [0.05, 0.1) is 48.8 Å². The molecule has 2 atom stereocenters. The van der Waals surface area contributed by atoms with Crippen molar-refractivity contribution >= 4 is 46.9 Å². The second-order valence-corrected chi connectivity index (χ2v) is 17.0. The highest BCUT2D eigenvalue weighted by molar-refractivity contribution is 5.99. The van der Waals surface area contributed by atoms with Crippen molar-refractivity contribution in [2.45, 2.75) is 85.4 Å². The van der Waals surface area contributed by atoms with Gasteiger partial charge in [-0.3, -0.25) is 14.4 Å². The molecule has 9 rings (SSSR count). The molecular weight excluding hydrogens is 851 g/mol. The Balaban J connectivity index is 0.000000194. The first-order valence-corrected chi connectivity index (χ1v) is 21.1. The van der Waals surface area contributed by atoms with Crippen molar-refractivity contribution in [2.24, 2.45) is 0 Å². The minimum Gasteiger partial charge on any atom is -0.478 e. The second-order valence-electron chi connectivity index (χ2n) is 17.0. The third kappa shape index (κ3) is 9.19. The van der Waals surface area contributed by atoms with Crippen LogP contribution in [0.25, 0.3) is 11.3 Å². The highest BCUT2D eigenvalue weighted by Crippen LogP contribution is 2.36. The van der Waals surface area contributed by atoms with Gasteiger partial charge in [-0.25, -0.2) is 33.4 Å². The third-order valence-electron chi connectivity index (χ3n) is 11.8. The van der Waals surface area contributed by atoms with Crippen LogP contribution in [0.5, 0.6) is 0 Å². The van der Waals surface area contributed by atoms with E-state index in [2.05, 4.69) is 30.8 Å². The Morgan fingerprint density at radius 2 is 1.18 bits per heavy atom. The number of hydrogen-bond acceptors (Lipinski definition) is 12. The van der Waals surface area contributed by atoms with Gasteiger partial charge in [-0.15, -0.1) is 0 Å². The van der Waals surface area contributed by atoms with Crippen LogP contribution in [-0.2, 0) is 22.3 Å². The highest BCUT2D eigenvalue weighted by Gasteiger charge is 2.32. The molecule has 0 radical (unpaired) electrons. The fraction of sp³-hybridized carbons (Fsp3) is 0.362. The first-order valence-electron chi connectivity index (χ1n) is 21.1. The fourth-order valence-corrected chi connectivity index (χ4v) is 8.61. The lowest BCUT2D eigenvalue weighted by atomic mass is 9.97. The van der Waals surface area contributed by atoms with Gasteiger partial charge in [0.25, 0.3) is 17.7 Å². The maximum Gasteiger partial charge on any atom is 0.354 e. The molecule has 2 aromatic carbocycles. The van der Waals surface area contributed by atoms with Gasteiger partial charge in [0.15, 0.2) is 17.0 Å². The normalized spacial score (nSPS) is 16.3. The predicted molar refractivity (Wildman–Crippen MR) is 238 cm³/mol. The van der Waals surface area contributed by atoms with Crippen LogP contribution in [0.2, 0.25) is 0 Å². The molecule has 2 aliphatic carbocycles. The molecule has 0 saturated carbocycles. The number of carboxylic acids is 2. The van der Waals surface area contributed by atoms with Crippen molar-refractivity contribution in [3.63, 3.8) is 0 Å². The number of nitrogens with zero attached hydrogens (tertiary/aromatic N) is 7.